The van der Waals surface area contributed by atoms with Crippen molar-refractivity contribution in [3.05, 3.63) is 41.8 Å². The van der Waals surface area contributed by atoms with E-state index in [2.05, 4.69) is 65.8 Å². The van der Waals surface area contributed by atoms with Crippen molar-refractivity contribution in [2.24, 2.45) is 0 Å². The van der Waals surface area contributed by atoms with Crippen molar-refractivity contribution < 1.29 is 0 Å². The van der Waals surface area contributed by atoms with Gasteiger partial charge in [-0.3, -0.25) is 0 Å². The first-order valence-electron chi connectivity index (χ1n) is 7.87. The molecule has 0 spiro atoms. The topological polar surface area (TPSA) is 15.3 Å². The lowest BCUT2D eigenvalue weighted by Crippen LogP contribution is -2.42. The van der Waals surface area contributed by atoms with E-state index in [0.717, 1.165) is 0 Å². The third-order valence-electron chi connectivity index (χ3n) is 4.33. The Morgan fingerprint density at radius 2 is 1.86 bits per heavy atom. The van der Waals surface area contributed by atoms with Gasteiger partial charge in [-0.25, -0.2) is 0 Å². The molecule has 3 heteroatoms. The molecule has 1 fully saturated rings. The largest absolute Gasteiger partial charge is 0.382 e. The maximum Gasteiger partial charge on any atom is 0.0430 e. The van der Waals surface area contributed by atoms with Gasteiger partial charge >= 0.3 is 0 Å². The highest BCUT2D eigenvalue weighted by Gasteiger charge is 2.21. The van der Waals surface area contributed by atoms with Crippen LogP contribution in [0.15, 0.2) is 41.8 Å². The monoisotopic (exact) mass is 300 g/mol. The molecule has 3 rings (SSSR count). The smallest absolute Gasteiger partial charge is 0.0430 e. The molecule has 0 atom stereocenters. The molecule has 1 saturated heterocycles. The van der Waals surface area contributed by atoms with E-state index in [1.54, 1.807) is 0 Å². The van der Waals surface area contributed by atoms with Gasteiger partial charge < -0.3 is 10.2 Å². The van der Waals surface area contributed by atoms with Crippen LogP contribution in [-0.2, 0) is 0 Å². The van der Waals surface area contributed by atoms with E-state index in [1.807, 2.05) is 11.3 Å². The molecule has 1 aromatic heterocycles. The van der Waals surface area contributed by atoms with E-state index in [9.17, 15) is 0 Å². The number of hydrogen-bond donors (Lipinski definition) is 1. The second kappa shape index (κ2) is 6.63. The number of benzene rings is 1. The number of anilines is 1. The lowest BCUT2D eigenvalue weighted by molar-refractivity contribution is 0.177. The van der Waals surface area contributed by atoms with Gasteiger partial charge in [-0.2, -0.15) is 0 Å². The minimum absolute atomic E-state index is 0.598. The van der Waals surface area contributed by atoms with E-state index >= 15 is 0 Å². The van der Waals surface area contributed by atoms with Crippen molar-refractivity contribution >= 4 is 17.0 Å². The van der Waals surface area contributed by atoms with Gasteiger partial charge in [0.05, 0.1) is 0 Å². The fraction of sp³-hybridized carbons (Fsp3) is 0.444. The molecule has 0 radical (unpaired) electrons. The molecule has 112 valence electrons. The Labute approximate surface area is 131 Å². The van der Waals surface area contributed by atoms with Gasteiger partial charge in [-0.15, -0.1) is 11.3 Å². The molecule has 1 aromatic carbocycles. The van der Waals surface area contributed by atoms with Gasteiger partial charge in [0.2, 0.25) is 0 Å². The molecule has 0 aliphatic carbocycles. The maximum absolute atomic E-state index is 3.78. The highest BCUT2D eigenvalue weighted by Crippen LogP contribution is 2.32. The van der Waals surface area contributed by atoms with Crippen LogP contribution in [0.1, 0.15) is 26.7 Å². The number of nitrogens with one attached hydrogen (secondary N) is 1. The summed E-state index contributed by atoms with van der Waals surface area (Å²) in [5.74, 6) is 0. The van der Waals surface area contributed by atoms with E-state index in [4.69, 9.17) is 0 Å². The quantitative estimate of drug-likeness (QED) is 0.880. The fourth-order valence-corrected chi connectivity index (χ4v) is 3.80. The van der Waals surface area contributed by atoms with Gasteiger partial charge in [0, 0.05) is 41.3 Å². The first-order valence-corrected chi connectivity index (χ1v) is 8.75. The highest BCUT2D eigenvalue weighted by molar-refractivity contribution is 7.13. The molecule has 2 heterocycles. The molecule has 2 aromatic rings. The highest BCUT2D eigenvalue weighted by atomic mass is 32.1. The maximum atomic E-state index is 3.78. The predicted molar refractivity (Wildman–Crippen MR) is 93.1 cm³/mol. The summed E-state index contributed by atoms with van der Waals surface area (Å²) in [4.78, 5) is 3.92. The fourth-order valence-electron chi connectivity index (χ4n) is 3.04. The average Bonchev–Trinajstić information content (AvgIpc) is 3.02. The predicted octanol–water partition coefficient (Wildman–Crippen LogP) is 4.70. The number of hydrogen-bond acceptors (Lipinski definition) is 3. The Morgan fingerprint density at radius 3 is 2.52 bits per heavy atom. The van der Waals surface area contributed by atoms with Crippen LogP contribution in [0, 0.1) is 0 Å². The van der Waals surface area contributed by atoms with E-state index in [-0.39, 0.29) is 0 Å². The zero-order valence-corrected chi connectivity index (χ0v) is 13.7. The molecule has 0 amide bonds. The Bertz CT molecular complexity index is 554. The van der Waals surface area contributed by atoms with E-state index in [0.29, 0.717) is 12.1 Å². The third-order valence-corrected chi connectivity index (χ3v) is 5.24. The zero-order chi connectivity index (χ0) is 14.7. The van der Waals surface area contributed by atoms with Crippen LogP contribution in [0.3, 0.4) is 0 Å². The summed E-state index contributed by atoms with van der Waals surface area (Å²) < 4.78 is 0. The van der Waals surface area contributed by atoms with Gasteiger partial charge in [0.1, 0.15) is 0 Å². The Morgan fingerprint density at radius 1 is 1.10 bits per heavy atom. The molecule has 21 heavy (non-hydrogen) atoms. The number of likely N-dealkylation sites (tertiary alicyclic amines) is 1. The summed E-state index contributed by atoms with van der Waals surface area (Å²) in [5, 5.41) is 5.92. The summed E-state index contributed by atoms with van der Waals surface area (Å²) in [6, 6.07) is 14.3. The minimum atomic E-state index is 0.598. The molecule has 0 unspecified atom stereocenters. The molecule has 1 aliphatic heterocycles. The van der Waals surface area contributed by atoms with Crippen LogP contribution in [0.5, 0.6) is 0 Å². The molecule has 1 N–H and O–H groups in total. The molecule has 1 aliphatic rings. The summed E-state index contributed by atoms with van der Waals surface area (Å²) in [6.07, 6.45) is 2.47. The van der Waals surface area contributed by atoms with Crippen molar-refractivity contribution in [3.8, 4) is 10.4 Å². The lowest BCUT2D eigenvalue weighted by atomic mass is 10.0. The molecule has 0 saturated carbocycles. The minimum Gasteiger partial charge on any atom is -0.382 e. The van der Waals surface area contributed by atoms with Gasteiger partial charge in [-0.05, 0) is 44.2 Å². The van der Waals surface area contributed by atoms with Crippen molar-refractivity contribution in [1.29, 1.82) is 0 Å². The zero-order valence-electron chi connectivity index (χ0n) is 12.9. The van der Waals surface area contributed by atoms with E-state index in [1.165, 1.54) is 42.1 Å². The molecular formula is C18H24N2S. The van der Waals surface area contributed by atoms with Crippen molar-refractivity contribution in [2.45, 2.75) is 38.8 Å². The van der Waals surface area contributed by atoms with Crippen molar-refractivity contribution in [3.63, 3.8) is 0 Å². The summed E-state index contributed by atoms with van der Waals surface area (Å²) in [7, 11) is 0. The second-order valence-corrected chi connectivity index (χ2v) is 7.02. The van der Waals surface area contributed by atoms with Crippen LogP contribution in [0.25, 0.3) is 10.4 Å². The Kier molecular flexibility index (Phi) is 4.61. The van der Waals surface area contributed by atoms with Crippen molar-refractivity contribution in [2.75, 3.05) is 18.4 Å². The Hall–Kier alpha value is -1.32. The van der Waals surface area contributed by atoms with Crippen LogP contribution < -0.4 is 5.32 Å². The summed E-state index contributed by atoms with van der Waals surface area (Å²) in [5.41, 5.74) is 2.61. The first-order chi connectivity index (χ1) is 10.2. The van der Waals surface area contributed by atoms with Gasteiger partial charge in [0.25, 0.3) is 0 Å². The van der Waals surface area contributed by atoms with Crippen molar-refractivity contribution in [1.82, 2.24) is 4.90 Å². The van der Waals surface area contributed by atoms with Gasteiger partial charge in [0.15, 0.2) is 0 Å². The van der Waals surface area contributed by atoms with Crippen LogP contribution in [0.4, 0.5) is 5.69 Å². The average molecular weight is 300 g/mol. The summed E-state index contributed by atoms with van der Waals surface area (Å²) in [6.45, 7) is 6.99. The molecular weight excluding hydrogens is 276 g/mol. The SMILES string of the molecule is CC(C)N1CCC(Nc2ccccc2-c2cccs2)CC1. The van der Waals surface area contributed by atoms with E-state index < -0.39 is 0 Å². The van der Waals surface area contributed by atoms with Gasteiger partial charge in [-0.1, -0.05) is 24.3 Å². The summed E-state index contributed by atoms with van der Waals surface area (Å²) >= 11 is 1.81. The molecule has 2 nitrogen and oxygen atoms in total. The lowest BCUT2D eigenvalue weighted by Gasteiger charge is -2.35. The standard InChI is InChI=1S/C18H24N2S/c1-14(2)20-11-9-15(10-12-20)19-17-7-4-3-6-16(17)18-8-5-13-21-18/h3-8,13-15,19H,9-12H2,1-2H3. The normalized spacial score (nSPS) is 17.3. The third kappa shape index (κ3) is 3.47. The number of piperidine rings is 1. The van der Waals surface area contributed by atoms with Crippen LogP contribution in [-0.4, -0.2) is 30.1 Å². The number of rotatable bonds is 4. The number of para-hydroxylation sites is 1. The first kappa shape index (κ1) is 14.6. The number of thiophene rings is 1. The van der Waals surface area contributed by atoms with Crippen LogP contribution in [0.2, 0.25) is 0 Å². The number of nitrogens with zero attached hydrogens (tertiary/aromatic N) is 1. The Balaban J connectivity index is 1.69. The van der Waals surface area contributed by atoms with Crippen LogP contribution >= 0.6 is 11.3 Å². The second-order valence-electron chi connectivity index (χ2n) is 6.07. The molecule has 0 bridgehead atoms.